The summed E-state index contributed by atoms with van der Waals surface area (Å²) >= 11 is 0. The van der Waals surface area contributed by atoms with Crippen molar-refractivity contribution in [2.24, 2.45) is 0 Å². The van der Waals surface area contributed by atoms with Gasteiger partial charge in [0.15, 0.2) is 0 Å². The fourth-order valence-corrected chi connectivity index (χ4v) is 6.59. The van der Waals surface area contributed by atoms with E-state index in [9.17, 15) is 0 Å². The van der Waals surface area contributed by atoms with E-state index in [1.54, 1.807) is 5.19 Å². The van der Waals surface area contributed by atoms with E-state index in [-0.39, 0.29) is 0 Å². The van der Waals surface area contributed by atoms with E-state index in [0.717, 1.165) is 0 Å². The molecule has 0 aliphatic heterocycles. The molecule has 0 saturated heterocycles. The molecular weight excluding hydrogens is 232 g/mol. The van der Waals surface area contributed by atoms with Gasteiger partial charge in [-0.25, -0.2) is 0 Å². The zero-order chi connectivity index (χ0) is 13.3. The molecule has 0 N–H and O–H groups in total. The van der Waals surface area contributed by atoms with Crippen LogP contribution in [0, 0.1) is 6.07 Å². The van der Waals surface area contributed by atoms with E-state index >= 15 is 0 Å². The Hall–Kier alpha value is -0.563. The minimum absolute atomic E-state index is 1.22. The lowest BCUT2D eigenvalue weighted by molar-refractivity contribution is 0.742. The Kier molecular flexibility index (Phi) is 7.34. The van der Waals surface area contributed by atoms with E-state index in [2.05, 4.69) is 50.7 Å². The maximum absolute atomic E-state index is 3.16. The molecule has 18 heavy (non-hydrogen) atoms. The second kappa shape index (κ2) is 8.52. The Balaban J connectivity index is 2.67. The summed E-state index contributed by atoms with van der Waals surface area (Å²) in [4.78, 5) is 0. The Labute approximate surface area is 115 Å². The smallest absolute Gasteiger partial charge is 0.0654 e. The molecule has 0 heterocycles. The molecule has 0 aromatic heterocycles. The predicted octanol–water partition coefficient (Wildman–Crippen LogP) is 5.15. The van der Waals surface area contributed by atoms with Crippen molar-refractivity contribution in [2.75, 3.05) is 0 Å². The van der Waals surface area contributed by atoms with E-state index in [0.29, 0.717) is 0 Å². The first-order valence-corrected chi connectivity index (χ1v) is 10.6. The van der Waals surface area contributed by atoms with Gasteiger partial charge < -0.3 is 0 Å². The van der Waals surface area contributed by atoms with Crippen molar-refractivity contribution in [3.05, 3.63) is 30.3 Å². The van der Waals surface area contributed by atoms with Crippen LogP contribution in [0.5, 0.6) is 0 Å². The molecule has 1 radical (unpaired) electrons. The van der Waals surface area contributed by atoms with Crippen LogP contribution in [0.1, 0.15) is 52.4 Å². The fourth-order valence-electron chi connectivity index (χ4n) is 2.73. The lowest BCUT2D eigenvalue weighted by Gasteiger charge is -2.28. The van der Waals surface area contributed by atoms with E-state index in [1.165, 1.54) is 50.6 Å². The molecule has 0 amide bonds. The molecule has 0 aliphatic rings. The van der Waals surface area contributed by atoms with Crippen molar-refractivity contribution in [2.45, 2.75) is 71.0 Å². The predicted molar refractivity (Wildman–Crippen MR) is 85.2 cm³/mol. The lowest BCUT2D eigenvalue weighted by Crippen LogP contribution is -2.44. The third kappa shape index (κ3) is 4.97. The van der Waals surface area contributed by atoms with E-state index in [1.807, 2.05) is 0 Å². The molecule has 0 bridgehead atoms. The molecule has 0 aliphatic carbocycles. The topological polar surface area (TPSA) is 0 Å². The van der Waals surface area contributed by atoms with Crippen LogP contribution in [0.4, 0.5) is 0 Å². The van der Waals surface area contributed by atoms with Crippen LogP contribution < -0.4 is 5.19 Å². The molecule has 1 rings (SSSR count). The summed E-state index contributed by atoms with van der Waals surface area (Å²) in [6, 6.07) is 14.9. The SMILES string of the molecule is CCCCC[Si](C)(CCCCC)c1cc[c]cc1. The number of benzene rings is 1. The molecule has 0 unspecified atom stereocenters. The average Bonchev–Trinajstić information content (AvgIpc) is 2.40. The second-order valence-corrected chi connectivity index (χ2v) is 10.5. The molecule has 1 aromatic carbocycles. The minimum Gasteiger partial charge on any atom is -0.0654 e. The standard InChI is InChI=1S/C17H29Si/c1-4-6-11-15-18(3,16-12-7-5-2)17-13-9-8-10-14-17/h9-10,13-14H,4-7,11-12,15-16H2,1-3H3. The molecule has 1 aromatic rings. The Morgan fingerprint density at radius 3 is 1.83 bits per heavy atom. The van der Waals surface area contributed by atoms with Gasteiger partial charge in [-0.15, -0.1) is 0 Å². The molecule has 0 atom stereocenters. The highest BCUT2D eigenvalue weighted by atomic mass is 28.3. The zero-order valence-corrected chi connectivity index (χ0v) is 13.5. The minimum atomic E-state index is -1.22. The van der Waals surface area contributed by atoms with Crippen LogP contribution in [-0.4, -0.2) is 8.07 Å². The number of unbranched alkanes of at least 4 members (excludes halogenated alkanes) is 4. The van der Waals surface area contributed by atoms with Crippen LogP contribution in [-0.2, 0) is 0 Å². The van der Waals surface area contributed by atoms with Gasteiger partial charge in [0, 0.05) is 0 Å². The van der Waals surface area contributed by atoms with Gasteiger partial charge in [-0.05, 0) is 6.07 Å². The molecule has 0 fully saturated rings. The number of hydrogen-bond acceptors (Lipinski definition) is 0. The van der Waals surface area contributed by atoms with Gasteiger partial charge in [-0.2, -0.15) is 0 Å². The normalized spacial score (nSPS) is 11.7. The van der Waals surface area contributed by atoms with Gasteiger partial charge in [0.05, 0.1) is 8.07 Å². The highest BCUT2D eigenvalue weighted by molar-refractivity contribution is 6.90. The highest BCUT2D eigenvalue weighted by Gasteiger charge is 2.27. The largest absolute Gasteiger partial charge is 0.0836 e. The monoisotopic (exact) mass is 261 g/mol. The second-order valence-electron chi connectivity index (χ2n) is 5.76. The Bertz CT molecular complexity index is 295. The molecule has 0 nitrogen and oxygen atoms in total. The maximum atomic E-state index is 3.16. The van der Waals surface area contributed by atoms with Crippen LogP contribution in [0.25, 0.3) is 0 Å². The van der Waals surface area contributed by atoms with E-state index < -0.39 is 8.07 Å². The van der Waals surface area contributed by atoms with Crippen molar-refractivity contribution in [1.29, 1.82) is 0 Å². The van der Waals surface area contributed by atoms with Gasteiger partial charge in [-0.3, -0.25) is 0 Å². The van der Waals surface area contributed by atoms with Gasteiger partial charge in [-0.1, -0.05) is 100 Å². The fraction of sp³-hybridized carbons (Fsp3) is 0.647. The van der Waals surface area contributed by atoms with Crippen LogP contribution in [0.3, 0.4) is 0 Å². The summed E-state index contributed by atoms with van der Waals surface area (Å²) < 4.78 is 0. The zero-order valence-electron chi connectivity index (χ0n) is 12.5. The summed E-state index contributed by atoms with van der Waals surface area (Å²) in [5.41, 5.74) is 0. The van der Waals surface area contributed by atoms with Gasteiger partial charge >= 0.3 is 0 Å². The summed E-state index contributed by atoms with van der Waals surface area (Å²) in [7, 11) is -1.22. The third-order valence-corrected chi connectivity index (χ3v) is 8.72. The summed E-state index contributed by atoms with van der Waals surface area (Å²) in [5, 5.41) is 1.65. The van der Waals surface area contributed by atoms with Crippen LogP contribution in [0.2, 0.25) is 18.6 Å². The lowest BCUT2D eigenvalue weighted by atomic mass is 10.3. The molecular formula is C17H29Si. The summed E-state index contributed by atoms with van der Waals surface area (Å²) in [6.07, 6.45) is 8.31. The molecule has 1 heteroatoms. The van der Waals surface area contributed by atoms with Crippen molar-refractivity contribution < 1.29 is 0 Å². The average molecular weight is 262 g/mol. The number of rotatable bonds is 9. The van der Waals surface area contributed by atoms with Gasteiger partial charge in [0.2, 0.25) is 0 Å². The highest BCUT2D eigenvalue weighted by Crippen LogP contribution is 2.22. The van der Waals surface area contributed by atoms with Crippen molar-refractivity contribution in [3.63, 3.8) is 0 Å². The Morgan fingerprint density at radius 1 is 0.889 bits per heavy atom. The summed E-state index contributed by atoms with van der Waals surface area (Å²) in [5.74, 6) is 0. The first kappa shape index (κ1) is 15.5. The van der Waals surface area contributed by atoms with Crippen LogP contribution >= 0.6 is 0 Å². The van der Waals surface area contributed by atoms with Crippen molar-refractivity contribution >= 4 is 13.3 Å². The van der Waals surface area contributed by atoms with Gasteiger partial charge in [0.25, 0.3) is 0 Å². The third-order valence-electron chi connectivity index (χ3n) is 4.08. The molecule has 0 saturated carbocycles. The van der Waals surface area contributed by atoms with E-state index in [4.69, 9.17) is 0 Å². The Morgan fingerprint density at radius 2 is 1.39 bits per heavy atom. The maximum Gasteiger partial charge on any atom is 0.0836 e. The first-order valence-electron chi connectivity index (χ1n) is 7.69. The summed E-state index contributed by atoms with van der Waals surface area (Å²) in [6.45, 7) is 7.19. The van der Waals surface area contributed by atoms with Crippen molar-refractivity contribution in [3.8, 4) is 0 Å². The van der Waals surface area contributed by atoms with Crippen LogP contribution in [0.15, 0.2) is 24.3 Å². The van der Waals surface area contributed by atoms with Gasteiger partial charge in [0.1, 0.15) is 0 Å². The first-order chi connectivity index (χ1) is 8.73. The molecule has 0 spiro atoms. The van der Waals surface area contributed by atoms with Crippen molar-refractivity contribution in [1.82, 2.24) is 0 Å². The quantitative estimate of drug-likeness (QED) is 0.426. The number of hydrogen-bond donors (Lipinski definition) is 0. The molecule has 101 valence electrons.